The zero-order chi connectivity index (χ0) is 19.9. The molecule has 0 aliphatic heterocycles. The van der Waals surface area contributed by atoms with Crippen molar-refractivity contribution in [2.45, 2.75) is 31.3 Å². The van der Waals surface area contributed by atoms with E-state index in [9.17, 15) is 4.79 Å². The van der Waals surface area contributed by atoms with Gasteiger partial charge in [-0.05, 0) is 54.8 Å². The minimum Gasteiger partial charge on any atom is -0.335 e. The van der Waals surface area contributed by atoms with E-state index in [0.717, 1.165) is 17.7 Å². The number of nitrogens with two attached hydrogens (primary N) is 1. The predicted molar refractivity (Wildman–Crippen MR) is 115 cm³/mol. The number of benzene rings is 2. The number of carbonyl (C=O) groups is 1. The highest BCUT2D eigenvalue weighted by Crippen LogP contribution is 2.23. The Morgan fingerprint density at radius 3 is 2.54 bits per heavy atom. The zero-order valence-electron chi connectivity index (χ0n) is 15.6. The number of hydrogen-bond donors (Lipinski definition) is 2. The van der Waals surface area contributed by atoms with Gasteiger partial charge in [0.2, 0.25) is 11.1 Å². The number of rotatable bonds is 8. The molecule has 0 saturated heterocycles. The van der Waals surface area contributed by atoms with Crippen LogP contribution in [0.25, 0.3) is 11.4 Å². The average Bonchev–Trinajstić information content (AvgIpc) is 3.07. The molecule has 1 amide bonds. The molecule has 0 aliphatic rings. The molecule has 3 rings (SSSR count). The van der Waals surface area contributed by atoms with E-state index in [1.807, 2.05) is 36.4 Å². The molecule has 6 nitrogen and oxygen atoms in total. The van der Waals surface area contributed by atoms with E-state index < -0.39 is 0 Å². The van der Waals surface area contributed by atoms with Gasteiger partial charge in [-0.3, -0.25) is 4.79 Å². The summed E-state index contributed by atoms with van der Waals surface area (Å²) in [5.74, 6) is 6.66. The van der Waals surface area contributed by atoms with Crippen LogP contribution in [0.5, 0.6) is 0 Å². The molecule has 0 unspecified atom stereocenters. The van der Waals surface area contributed by atoms with E-state index >= 15 is 0 Å². The van der Waals surface area contributed by atoms with Gasteiger partial charge >= 0.3 is 0 Å². The van der Waals surface area contributed by atoms with Crippen LogP contribution in [-0.2, 0) is 11.2 Å². The van der Waals surface area contributed by atoms with Gasteiger partial charge in [0.15, 0.2) is 5.82 Å². The van der Waals surface area contributed by atoms with Crippen LogP contribution in [-0.4, -0.2) is 26.5 Å². The molecule has 0 spiro atoms. The first-order valence-corrected chi connectivity index (χ1v) is 10.4. The Balaban J connectivity index is 1.55. The van der Waals surface area contributed by atoms with E-state index in [1.165, 1.54) is 34.8 Å². The van der Waals surface area contributed by atoms with Crippen LogP contribution in [0.4, 0.5) is 5.69 Å². The van der Waals surface area contributed by atoms with Crippen molar-refractivity contribution in [2.75, 3.05) is 16.9 Å². The summed E-state index contributed by atoms with van der Waals surface area (Å²) >= 11 is 7.14. The molecule has 0 atom stereocenters. The normalized spacial score (nSPS) is 10.8. The Bertz CT molecular complexity index is 925. The number of nitrogens with one attached hydrogen (secondary N) is 1. The first kappa shape index (κ1) is 20.2. The van der Waals surface area contributed by atoms with Crippen molar-refractivity contribution in [3.8, 4) is 11.4 Å². The summed E-state index contributed by atoms with van der Waals surface area (Å²) in [6.45, 7) is 2.17. The van der Waals surface area contributed by atoms with Gasteiger partial charge in [-0.25, -0.2) is 4.68 Å². The molecule has 0 saturated carbocycles. The first-order chi connectivity index (χ1) is 13.6. The topological polar surface area (TPSA) is 85.8 Å². The monoisotopic (exact) mass is 415 g/mol. The van der Waals surface area contributed by atoms with E-state index in [-0.39, 0.29) is 11.7 Å². The Kier molecular flexibility index (Phi) is 6.95. The van der Waals surface area contributed by atoms with Gasteiger partial charge in [0.25, 0.3) is 0 Å². The lowest BCUT2D eigenvalue weighted by molar-refractivity contribution is -0.113. The van der Waals surface area contributed by atoms with E-state index in [1.54, 1.807) is 12.1 Å². The Labute approximate surface area is 173 Å². The number of carbonyl (C=O) groups excluding carboxylic acids is 1. The van der Waals surface area contributed by atoms with Crippen molar-refractivity contribution in [1.82, 2.24) is 14.9 Å². The van der Waals surface area contributed by atoms with Crippen LogP contribution in [0.1, 0.15) is 25.3 Å². The molecular formula is C20H22ClN5OS. The minimum absolute atomic E-state index is 0.123. The number of unbranched alkanes of at least 4 members (excludes halogenated alkanes) is 1. The van der Waals surface area contributed by atoms with Crippen LogP contribution < -0.4 is 11.2 Å². The largest absolute Gasteiger partial charge is 0.335 e. The number of hydrogen-bond acceptors (Lipinski definition) is 5. The van der Waals surface area contributed by atoms with E-state index in [2.05, 4.69) is 22.4 Å². The van der Waals surface area contributed by atoms with E-state index in [0.29, 0.717) is 16.0 Å². The number of nitrogen functional groups attached to an aromatic ring is 1. The van der Waals surface area contributed by atoms with Crippen LogP contribution in [0, 0.1) is 0 Å². The molecule has 0 aliphatic carbocycles. The first-order valence-electron chi connectivity index (χ1n) is 9.05. The van der Waals surface area contributed by atoms with Gasteiger partial charge in [-0.1, -0.05) is 48.8 Å². The Morgan fingerprint density at radius 2 is 1.86 bits per heavy atom. The third kappa shape index (κ3) is 5.27. The maximum absolute atomic E-state index is 12.2. The quantitative estimate of drug-likeness (QED) is 0.421. The fourth-order valence-electron chi connectivity index (χ4n) is 2.63. The molecule has 146 valence electrons. The highest BCUT2D eigenvalue weighted by atomic mass is 35.5. The van der Waals surface area contributed by atoms with Gasteiger partial charge in [-0.15, -0.1) is 10.2 Å². The summed E-state index contributed by atoms with van der Waals surface area (Å²) in [5, 5.41) is 12.2. The molecule has 3 N–H and O–H groups in total. The molecule has 0 radical (unpaired) electrons. The summed E-state index contributed by atoms with van der Waals surface area (Å²) in [6.07, 6.45) is 3.39. The van der Waals surface area contributed by atoms with Crippen LogP contribution in [0.3, 0.4) is 0 Å². The van der Waals surface area contributed by atoms with Gasteiger partial charge in [0.05, 0.1) is 5.75 Å². The maximum atomic E-state index is 12.2. The number of amides is 1. The SMILES string of the molecule is CCCCc1ccc(NC(=O)CSc2nnc(-c3ccc(Cl)cc3)n2N)cc1. The highest BCUT2D eigenvalue weighted by Gasteiger charge is 2.14. The lowest BCUT2D eigenvalue weighted by Gasteiger charge is -2.07. The summed E-state index contributed by atoms with van der Waals surface area (Å²) in [6, 6.07) is 15.1. The van der Waals surface area contributed by atoms with Gasteiger partial charge < -0.3 is 11.2 Å². The van der Waals surface area contributed by atoms with Crippen molar-refractivity contribution in [3.05, 3.63) is 59.1 Å². The molecule has 0 fully saturated rings. The van der Waals surface area contributed by atoms with Gasteiger partial charge in [0.1, 0.15) is 0 Å². The second-order valence-corrected chi connectivity index (χ2v) is 7.70. The smallest absolute Gasteiger partial charge is 0.234 e. The molecule has 0 bridgehead atoms. The second-order valence-electron chi connectivity index (χ2n) is 6.32. The number of anilines is 1. The predicted octanol–water partition coefficient (Wildman–Crippen LogP) is 4.39. The average molecular weight is 416 g/mol. The molecule has 28 heavy (non-hydrogen) atoms. The van der Waals surface area contributed by atoms with Crippen molar-refractivity contribution < 1.29 is 4.79 Å². The van der Waals surface area contributed by atoms with Gasteiger partial charge in [-0.2, -0.15) is 0 Å². The van der Waals surface area contributed by atoms with Crippen molar-refractivity contribution in [2.24, 2.45) is 0 Å². The van der Waals surface area contributed by atoms with Gasteiger partial charge in [0, 0.05) is 16.3 Å². The number of nitrogens with zero attached hydrogens (tertiary/aromatic N) is 3. The van der Waals surface area contributed by atoms with Crippen molar-refractivity contribution in [1.29, 1.82) is 0 Å². The lowest BCUT2D eigenvalue weighted by atomic mass is 10.1. The minimum atomic E-state index is -0.123. The zero-order valence-corrected chi connectivity index (χ0v) is 17.1. The Morgan fingerprint density at radius 1 is 1.14 bits per heavy atom. The summed E-state index contributed by atoms with van der Waals surface area (Å²) in [4.78, 5) is 12.2. The summed E-state index contributed by atoms with van der Waals surface area (Å²) in [7, 11) is 0. The summed E-state index contributed by atoms with van der Waals surface area (Å²) in [5.41, 5.74) is 2.86. The standard InChI is InChI=1S/C20H22ClN5OS/c1-2-3-4-14-5-11-17(12-6-14)23-18(27)13-28-20-25-24-19(26(20)22)15-7-9-16(21)10-8-15/h5-12H,2-4,13,22H2,1H3,(H,23,27). The number of aromatic nitrogens is 3. The molecule has 1 aromatic heterocycles. The fourth-order valence-corrected chi connectivity index (χ4v) is 3.42. The number of thioether (sulfide) groups is 1. The van der Waals surface area contributed by atoms with Crippen LogP contribution >= 0.6 is 23.4 Å². The van der Waals surface area contributed by atoms with Crippen molar-refractivity contribution in [3.63, 3.8) is 0 Å². The Hall–Kier alpha value is -2.51. The highest BCUT2D eigenvalue weighted by molar-refractivity contribution is 7.99. The fraction of sp³-hybridized carbons (Fsp3) is 0.250. The van der Waals surface area contributed by atoms with Crippen molar-refractivity contribution >= 4 is 35.0 Å². The van der Waals surface area contributed by atoms with Crippen LogP contribution in [0.15, 0.2) is 53.7 Å². The number of aryl methyl sites for hydroxylation is 1. The molecule has 2 aromatic carbocycles. The number of halogens is 1. The second kappa shape index (κ2) is 9.61. The third-order valence-corrected chi connectivity index (χ3v) is 5.35. The molecular weight excluding hydrogens is 394 g/mol. The third-order valence-electron chi connectivity index (χ3n) is 4.16. The molecule has 1 heterocycles. The van der Waals surface area contributed by atoms with Crippen LogP contribution in [0.2, 0.25) is 5.02 Å². The maximum Gasteiger partial charge on any atom is 0.234 e. The lowest BCUT2D eigenvalue weighted by Crippen LogP contribution is -2.16. The van der Waals surface area contributed by atoms with E-state index in [4.69, 9.17) is 17.4 Å². The molecule has 3 aromatic rings. The summed E-state index contributed by atoms with van der Waals surface area (Å²) < 4.78 is 1.38. The molecule has 8 heteroatoms.